The van der Waals surface area contributed by atoms with E-state index < -0.39 is 17.3 Å². The number of hydrogen-bond donors (Lipinski definition) is 3. The van der Waals surface area contributed by atoms with Crippen LogP contribution in [0.25, 0.3) is 0 Å². The predicted molar refractivity (Wildman–Crippen MR) is 180 cm³/mol. The molecular formula is C35H32Cl2N4O5. The van der Waals surface area contributed by atoms with E-state index in [-0.39, 0.29) is 44.4 Å². The van der Waals surface area contributed by atoms with Crippen LogP contribution in [-0.2, 0) is 16.1 Å². The van der Waals surface area contributed by atoms with Gasteiger partial charge in [-0.3, -0.25) is 19.3 Å². The van der Waals surface area contributed by atoms with Crippen molar-refractivity contribution in [2.75, 3.05) is 28.6 Å². The van der Waals surface area contributed by atoms with Crippen LogP contribution in [0.2, 0.25) is 10.0 Å². The zero-order valence-electron chi connectivity index (χ0n) is 25.0. The van der Waals surface area contributed by atoms with Crippen LogP contribution >= 0.6 is 23.2 Å². The first-order valence-corrected chi connectivity index (χ1v) is 15.3. The molecule has 0 radical (unpaired) electrons. The Hall–Kier alpha value is -4.86. The van der Waals surface area contributed by atoms with E-state index in [1.54, 1.807) is 66.7 Å². The molecule has 4 aromatic carbocycles. The number of carbonyl (C=O) groups excluding carboxylic acids is 3. The van der Waals surface area contributed by atoms with E-state index in [0.29, 0.717) is 38.2 Å². The molecule has 5 rings (SSSR count). The Morgan fingerprint density at radius 1 is 0.826 bits per heavy atom. The molecule has 4 amide bonds. The fourth-order valence-corrected chi connectivity index (χ4v) is 6.09. The van der Waals surface area contributed by atoms with Crippen molar-refractivity contribution in [3.63, 3.8) is 0 Å². The SMILES string of the molecule is Cc1ccc(N2CC(CC(=O)O)(CC(=O)Nc3cccc(C(=O)Nc4ccccc4)c3)CN(Cc3ccc(Cl)cc3Cl)C2=O)cc1. The summed E-state index contributed by atoms with van der Waals surface area (Å²) < 4.78 is 0. The van der Waals surface area contributed by atoms with Crippen LogP contribution in [0.4, 0.5) is 21.9 Å². The van der Waals surface area contributed by atoms with Gasteiger partial charge in [-0.15, -0.1) is 0 Å². The van der Waals surface area contributed by atoms with Crippen LogP contribution in [-0.4, -0.2) is 46.9 Å². The molecule has 11 heteroatoms. The molecule has 1 aliphatic rings. The first-order valence-electron chi connectivity index (χ1n) is 14.6. The fourth-order valence-electron chi connectivity index (χ4n) is 5.62. The first kappa shape index (κ1) is 32.5. The third kappa shape index (κ3) is 8.04. The number of benzene rings is 4. The molecule has 1 fully saturated rings. The molecule has 9 nitrogen and oxygen atoms in total. The van der Waals surface area contributed by atoms with Crippen LogP contribution in [0.5, 0.6) is 0 Å². The Kier molecular flexibility index (Phi) is 9.94. The number of carbonyl (C=O) groups is 4. The number of para-hydroxylation sites is 1. The van der Waals surface area contributed by atoms with Crippen molar-refractivity contribution in [1.82, 2.24) is 4.90 Å². The number of nitrogens with one attached hydrogen (secondary N) is 2. The molecule has 0 bridgehead atoms. The van der Waals surface area contributed by atoms with Crippen molar-refractivity contribution >= 4 is 64.1 Å². The minimum absolute atomic E-state index is 0.00101. The van der Waals surface area contributed by atoms with Crippen molar-refractivity contribution in [2.24, 2.45) is 5.41 Å². The maximum absolute atomic E-state index is 13.9. The van der Waals surface area contributed by atoms with Crippen molar-refractivity contribution in [2.45, 2.75) is 26.3 Å². The maximum Gasteiger partial charge on any atom is 0.324 e. The standard InChI is InChI=1S/C35H32Cl2N4O5/c1-23-10-14-29(15-11-23)41-22-35(19-32(43)44,21-40(34(41)46)20-25-12-13-26(36)17-30(25)37)18-31(42)38-28-9-5-6-24(16-28)33(45)39-27-7-3-2-4-8-27/h2-17H,18-22H2,1H3,(H,38,42)(H,39,45)(H,43,44). The molecule has 0 aliphatic carbocycles. The maximum atomic E-state index is 13.9. The number of hydrogen-bond acceptors (Lipinski definition) is 4. The van der Waals surface area contributed by atoms with Gasteiger partial charge < -0.3 is 20.6 Å². The lowest BCUT2D eigenvalue weighted by Crippen LogP contribution is -2.59. The molecule has 1 atom stereocenters. The quantitative estimate of drug-likeness (QED) is 0.163. The van der Waals surface area contributed by atoms with Gasteiger partial charge in [0.1, 0.15) is 0 Å². The number of rotatable bonds is 10. The van der Waals surface area contributed by atoms with Gasteiger partial charge in [0.05, 0.1) is 6.42 Å². The van der Waals surface area contributed by atoms with E-state index in [1.807, 2.05) is 37.3 Å². The van der Waals surface area contributed by atoms with E-state index >= 15 is 0 Å². The number of aliphatic carboxylic acids is 1. The Balaban J connectivity index is 1.41. The number of carboxylic acid groups (broad SMARTS) is 1. The Labute approximate surface area is 276 Å². The molecular weight excluding hydrogens is 627 g/mol. The average molecular weight is 660 g/mol. The van der Waals surface area contributed by atoms with Crippen LogP contribution in [0.3, 0.4) is 0 Å². The molecule has 1 aliphatic heterocycles. The van der Waals surface area contributed by atoms with Crippen molar-refractivity contribution in [3.05, 3.63) is 124 Å². The number of aryl methyl sites for hydroxylation is 1. The van der Waals surface area contributed by atoms with Gasteiger partial charge in [0.15, 0.2) is 0 Å². The lowest BCUT2D eigenvalue weighted by Gasteiger charge is -2.47. The molecule has 0 aromatic heterocycles. The molecule has 236 valence electrons. The number of nitrogens with zero attached hydrogens (tertiary/aromatic N) is 2. The van der Waals surface area contributed by atoms with Gasteiger partial charge in [0.2, 0.25) is 5.91 Å². The Morgan fingerprint density at radius 2 is 1.54 bits per heavy atom. The third-order valence-electron chi connectivity index (χ3n) is 7.75. The first-order chi connectivity index (χ1) is 22.0. The second-order valence-electron chi connectivity index (χ2n) is 11.5. The van der Waals surface area contributed by atoms with Gasteiger partial charge in [-0.1, -0.05) is 71.2 Å². The van der Waals surface area contributed by atoms with Crippen molar-refractivity contribution in [3.8, 4) is 0 Å². The second-order valence-corrected chi connectivity index (χ2v) is 12.3. The van der Waals surface area contributed by atoms with Crippen molar-refractivity contribution < 1.29 is 24.3 Å². The highest BCUT2D eigenvalue weighted by molar-refractivity contribution is 6.35. The highest BCUT2D eigenvalue weighted by Gasteiger charge is 2.46. The van der Waals surface area contributed by atoms with Crippen molar-refractivity contribution in [1.29, 1.82) is 0 Å². The smallest absolute Gasteiger partial charge is 0.324 e. The molecule has 0 saturated carbocycles. The number of urea groups is 1. The Bertz CT molecular complexity index is 1770. The molecule has 1 unspecified atom stereocenters. The molecule has 46 heavy (non-hydrogen) atoms. The summed E-state index contributed by atoms with van der Waals surface area (Å²) in [5.41, 5.74) is 2.38. The molecule has 4 aromatic rings. The van der Waals surface area contributed by atoms with Crippen LogP contribution in [0, 0.1) is 12.3 Å². The predicted octanol–water partition coefficient (Wildman–Crippen LogP) is 7.49. The van der Waals surface area contributed by atoms with E-state index in [9.17, 15) is 24.3 Å². The Morgan fingerprint density at radius 3 is 2.24 bits per heavy atom. The molecule has 0 spiro atoms. The highest BCUT2D eigenvalue weighted by atomic mass is 35.5. The van der Waals surface area contributed by atoms with Crippen LogP contribution in [0.1, 0.15) is 34.3 Å². The van der Waals surface area contributed by atoms with Gasteiger partial charge in [-0.25, -0.2) is 4.79 Å². The summed E-state index contributed by atoms with van der Waals surface area (Å²) in [6, 6.07) is 27.4. The van der Waals surface area contributed by atoms with Crippen LogP contribution < -0.4 is 15.5 Å². The third-order valence-corrected chi connectivity index (χ3v) is 8.33. The van der Waals surface area contributed by atoms with E-state index in [4.69, 9.17) is 23.2 Å². The summed E-state index contributed by atoms with van der Waals surface area (Å²) in [5.74, 6) is -1.90. The molecule has 1 heterocycles. The molecule has 1 saturated heterocycles. The van der Waals surface area contributed by atoms with Gasteiger partial charge in [0.25, 0.3) is 5.91 Å². The summed E-state index contributed by atoms with van der Waals surface area (Å²) in [7, 11) is 0. The number of carboxylic acids is 1. The zero-order valence-corrected chi connectivity index (χ0v) is 26.5. The summed E-state index contributed by atoms with van der Waals surface area (Å²) in [5, 5.41) is 16.5. The largest absolute Gasteiger partial charge is 0.481 e. The minimum atomic E-state index is -1.17. The lowest BCUT2D eigenvalue weighted by atomic mass is 9.78. The zero-order chi connectivity index (χ0) is 32.8. The van der Waals surface area contributed by atoms with Crippen LogP contribution in [0.15, 0.2) is 97.1 Å². The summed E-state index contributed by atoms with van der Waals surface area (Å²) >= 11 is 12.5. The minimum Gasteiger partial charge on any atom is -0.481 e. The normalized spacial score (nSPS) is 16.2. The second kappa shape index (κ2) is 14.1. The number of anilines is 3. The van der Waals surface area contributed by atoms with Gasteiger partial charge >= 0.3 is 12.0 Å². The highest BCUT2D eigenvalue weighted by Crippen LogP contribution is 2.38. The van der Waals surface area contributed by atoms with Gasteiger partial charge in [-0.05, 0) is 67.1 Å². The summed E-state index contributed by atoms with van der Waals surface area (Å²) in [6.45, 7) is 2.00. The van der Waals surface area contributed by atoms with E-state index in [2.05, 4.69) is 10.6 Å². The average Bonchev–Trinajstić information content (AvgIpc) is 3.01. The van der Waals surface area contributed by atoms with E-state index in [1.165, 1.54) is 9.80 Å². The topological polar surface area (TPSA) is 119 Å². The summed E-state index contributed by atoms with van der Waals surface area (Å²) in [4.78, 5) is 55.6. The fraction of sp³-hybridized carbons (Fsp3) is 0.200. The number of amides is 4. The molecule has 3 N–H and O–H groups in total. The lowest BCUT2D eigenvalue weighted by molar-refractivity contribution is -0.140. The van der Waals surface area contributed by atoms with E-state index in [0.717, 1.165) is 5.56 Å². The summed E-state index contributed by atoms with van der Waals surface area (Å²) in [6.07, 6.45) is -0.583. The van der Waals surface area contributed by atoms with Gasteiger partial charge in [-0.2, -0.15) is 0 Å². The monoisotopic (exact) mass is 658 g/mol. The van der Waals surface area contributed by atoms with Gasteiger partial charge in [0, 0.05) is 64.1 Å². The number of halogens is 2.